The van der Waals surface area contributed by atoms with Gasteiger partial charge in [-0.05, 0) is 18.2 Å². The molecule has 2 aromatic rings. The first-order chi connectivity index (χ1) is 9.19. The van der Waals surface area contributed by atoms with E-state index < -0.39 is 5.97 Å². The normalized spacial score (nSPS) is 9.95. The van der Waals surface area contributed by atoms with Crippen molar-refractivity contribution in [2.24, 2.45) is 0 Å². The highest BCUT2D eigenvalue weighted by molar-refractivity contribution is 5.87. The van der Waals surface area contributed by atoms with Gasteiger partial charge in [0.25, 0.3) is 0 Å². The Kier molecular flexibility index (Phi) is 3.97. The molecule has 1 aromatic carbocycles. The van der Waals surface area contributed by atoms with Gasteiger partial charge in [0.05, 0.1) is 12.7 Å². The molecule has 0 unspecified atom stereocenters. The van der Waals surface area contributed by atoms with Crippen LogP contribution in [0, 0.1) is 0 Å². The molecule has 0 radical (unpaired) electrons. The van der Waals surface area contributed by atoms with Crippen LogP contribution in [0.3, 0.4) is 0 Å². The third kappa shape index (κ3) is 3.45. The molecule has 0 bridgehead atoms. The number of rotatable bonds is 5. The summed E-state index contributed by atoms with van der Waals surface area (Å²) in [5.41, 5.74) is 0.842. The van der Waals surface area contributed by atoms with E-state index in [9.17, 15) is 4.79 Å². The maximum atomic E-state index is 10.8. The molecule has 0 fully saturated rings. The van der Waals surface area contributed by atoms with Crippen molar-refractivity contribution in [3.63, 3.8) is 0 Å². The first-order valence-corrected chi connectivity index (χ1v) is 5.63. The van der Waals surface area contributed by atoms with Gasteiger partial charge in [-0.25, -0.2) is 4.79 Å². The number of carboxylic acids is 1. The van der Waals surface area contributed by atoms with Crippen molar-refractivity contribution >= 4 is 5.97 Å². The number of carbonyl (C=O) groups is 1. The zero-order valence-electron chi connectivity index (χ0n) is 10.4. The van der Waals surface area contributed by atoms with E-state index in [4.69, 9.17) is 14.6 Å². The van der Waals surface area contributed by atoms with Crippen LogP contribution in [-0.4, -0.2) is 23.2 Å². The van der Waals surface area contributed by atoms with Gasteiger partial charge in [0.15, 0.2) is 0 Å². The number of pyridine rings is 1. The number of ether oxygens (including phenoxy) is 2. The van der Waals surface area contributed by atoms with Crippen molar-refractivity contribution in [3.05, 3.63) is 53.9 Å². The number of hydrogen-bond acceptors (Lipinski definition) is 4. The molecule has 0 aliphatic carbocycles. The molecule has 0 aliphatic rings. The van der Waals surface area contributed by atoms with Gasteiger partial charge in [-0.1, -0.05) is 6.07 Å². The fraction of sp³-hybridized carbons (Fsp3) is 0.143. The van der Waals surface area contributed by atoms with Crippen molar-refractivity contribution < 1.29 is 19.4 Å². The Morgan fingerprint density at radius 1 is 1.26 bits per heavy atom. The molecule has 98 valence electrons. The Bertz CT molecular complexity index is 583. The van der Waals surface area contributed by atoms with E-state index >= 15 is 0 Å². The third-order valence-corrected chi connectivity index (χ3v) is 2.49. The van der Waals surface area contributed by atoms with Gasteiger partial charge in [-0.15, -0.1) is 0 Å². The second-order valence-electron chi connectivity index (χ2n) is 3.85. The summed E-state index contributed by atoms with van der Waals surface area (Å²) in [7, 11) is 1.58. The predicted octanol–water partition coefficient (Wildman–Crippen LogP) is 2.37. The van der Waals surface area contributed by atoms with E-state index in [0.29, 0.717) is 17.1 Å². The molecule has 0 saturated carbocycles. The SMILES string of the molecule is COc1cccc(OCc2cncc(C(=O)O)c2)c1. The summed E-state index contributed by atoms with van der Waals surface area (Å²) in [6, 6.07) is 8.74. The van der Waals surface area contributed by atoms with Crippen LogP contribution in [0.5, 0.6) is 11.5 Å². The quantitative estimate of drug-likeness (QED) is 0.892. The van der Waals surface area contributed by atoms with Crippen LogP contribution in [-0.2, 0) is 6.61 Å². The van der Waals surface area contributed by atoms with Gasteiger partial charge >= 0.3 is 5.97 Å². The largest absolute Gasteiger partial charge is 0.497 e. The van der Waals surface area contributed by atoms with E-state index in [0.717, 1.165) is 0 Å². The summed E-state index contributed by atoms with van der Waals surface area (Å²) in [5.74, 6) is 0.353. The summed E-state index contributed by atoms with van der Waals surface area (Å²) in [6.07, 6.45) is 2.88. The van der Waals surface area contributed by atoms with Gasteiger partial charge in [0.2, 0.25) is 0 Å². The molecule has 5 nitrogen and oxygen atoms in total. The molecule has 0 saturated heterocycles. The standard InChI is InChI=1S/C14H13NO4/c1-18-12-3-2-4-13(6-12)19-9-10-5-11(14(16)17)8-15-7-10/h2-8H,9H2,1H3,(H,16,17). The fourth-order valence-electron chi connectivity index (χ4n) is 1.54. The van der Waals surface area contributed by atoms with Crippen LogP contribution < -0.4 is 9.47 Å². The molecule has 2 rings (SSSR count). The molecule has 0 spiro atoms. The molecular formula is C14H13NO4. The molecular weight excluding hydrogens is 246 g/mol. The van der Waals surface area contributed by atoms with E-state index in [1.165, 1.54) is 12.3 Å². The summed E-state index contributed by atoms with van der Waals surface area (Å²) < 4.78 is 10.6. The van der Waals surface area contributed by atoms with E-state index in [1.807, 2.05) is 12.1 Å². The van der Waals surface area contributed by atoms with E-state index in [-0.39, 0.29) is 12.2 Å². The van der Waals surface area contributed by atoms with Crippen LogP contribution in [0.15, 0.2) is 42.7 Å². The number of hydrogen-bond donors (Lipinski definition) is 1. The Labute approximate surface area is 110 Å². The molecule has 1 heterocycles. The summed E-state index contributed by atoms with van der Waals surface area (Å²) in [6.45, 7) is 0.251. The van der Waals surface area contributed by atoms with Gasteiger partial charge < -0.3 is 14.6 Å². The summed E-state index contributed by atoms with van der Waals surface area (Å²) >= 11 is 0. The lowest BCUT2D eigenvalue weighted by atomic mass is 10.2. The minimum absolute atomic E-state index is 0.145. The zero-order chi connectivity index (χ0) is 13.7. The van der Waals surface area contributed by atoms with Gasteiger partial charge in [-0.3, -0.25) is 4.98 Å². The molecule has 0 atom stereocenters. The maximum absolute atomic E-state index is 10.8. The van der Waals surface area contributed by atoms with Crippen molar-refractivity contribution in [3.8, 4) is 11.5 Å². The van der Waals surface area contributed by atoms with Crippen LogP contribution in [0.1, 0.15) is 15.9 Å². The van der Waals surface area contributed by atoms with Crippen LogP contribution in [0.2, 0.25) is 0 Å². The zero-order valence-corrected chi connectivity index (χ0v) is 10.4. The minimum Gasteiger partial charge on any atom is -0.497 e. The average Bonchev–Trinajstić information content (AvgIpc) is 2.45. The number of methoxy groups -OCH3 is 1. The topological polar surface area (TPSA) is 68.7 Å². The predicted molar refractivity (Wildman–Crippen MR) is 68.5 cm³/mol. The molecule has 1 aromatic heterocycles. The first-order valence-electron chi connectivity index (χ1n) is 5.63. The van der Waals surface area contributed by atoms with Gasteiger partial charge in [-0.2, -0.15) is 0 Å². The van der Waals surface area contributed by atoms with Crippen molar-refractivity contribution in [2.45, 2.75) is 6.61 Å². The molecule has 5 heteroatoms. The number of benzene rings is 1. The van der Waals surface area contributed by atoms with Gasteiger partial charge in [0, 0.05) is 24.0 Å². The Hall–Kier alpha value is -2.56. The van der Waals surface area contributed by atoms with Crippen molar-refractivity contribution in [1.82, 2.24) is 4.98 Å². The van der Waals surface area contributed by atoms with E-state index in [2.05, 4.69) is 4.98 Å². The number of nitrogens with zero attached hydrogens (tertiary/aromatic N) is 1. The summed E-state index contributed by atoms with van der Waals surface area (Å²) in [5, 5.41) is 8.87. The monoisotopic (exact) mass is 259 g/mol. The van der Waals surface area contributed by atoms with E-state index in [1.54, 1.807) is 25.4 Å². The third-order valence-electron chi connectivity index (χ3n) is 2.49. The highest BCUT2D eigenvalue weighted by Crippen LogP contribution is 2.19. The van der Waals surface area contributed by atoms with Gasteiger partial charge in [0.1, 0.15) is 18.1 Å². The van der Waals surface area contributed by atoms with Crippen LogP contribution in [0.25, 0.3) is 0 Å². The Morgan fingerprint density at radius 3 is 2.79 bits per heavy atom. The lowest BCUT2D eigenvalue weighted by molar-refractivity contribution is 0.0696. The Balaban J connectivity index is 2.05. The smallest absolute Gasteiger partial charge is 0.337 e. The van der Waals surface area contributed by atoms with Crippen molar-refractivity contribution in [2.75, 3.05) is 7.11 Å². The number of aromatic nitrogens is 1. The molecule has 1 N–H and O–H groups in total. The second-order valence-corrected chi connectivity index (χ2v) is 3.85. The summed E-state index contributed by atoms with van der Waals surface area (Å²) in [4.78, 5) is 14.7. The highest BCUT2D eigenvalue weighted by atomic mass is 16.5. The fourth-order valence-corrected chi connectivity index (χ4v) is 1.54. The molecule has 0 aliphatic heterocycles. The number of aromatic carboxylic acids is 1. The maximum Gasteiger partial charge on any atom is 0.337 e. The Morgan fingerprint density at radius 2 is 2.05 bits per heavy atom. The lowest BCUT2D eigenvalue weighted by Crippen LogP contribution is -2.01. The van der Waals surface area contributed by atoms with Crippen molar-refractivity contribution in [1.29, 1.82) is 0 Å². The number of carboxylic acid groups (broad SMARTS) is 1. The molecule has 0 amide bonds. The average molecular weight is 259 g/mol. The second kappa shape index (κ2) is 5.86. The van der Waals surface area contributed by atoms with Crippen LogP contribution in [0.4, 0.5) is 0 Å². The lowest BCUT2D eigenvalue weighted by Gasteiger charge is -2.07. The minimum atomic E-state index is -1.00. The first kappa shape index (κ1) is 12.9. The van der Waals surface area contributed by atoms with Crippen LogP contribution >= 0.6 is 0 Å². The molecule has 19 heavy (non-hydrogen) atoms. The highest BCUT2D eigenvalue weighted by Gasteiger charge is 2.05.